The minimum absolute atomic E-state index is 0.0231. The van der Waals surface area contributed by atoms with Crippen molar-refractivity contribution >= 4 is 11.8 Å². The fourth-order valence-corrected chi connectivity index (χ4v) is 3.23. The number of methoxy groups -OCH3 is 1. The molecule has 0 radical (unpaired) electrons. The molecule has 0 bridgehead atoms. The molecule has 1 fully saturated rings. The van der Waals surface area contributed by atoms with E-state index in [0.29, 0.717) is 26.1 Å². The van der Waals surface area contributed by atoms with E-state index in [1.807, 2.05) is 24.3 Å². The number of hydrogen-bond donors (Lipinski definition) is 2. The van der Waals surface area contributed by atoms with Crippen LogP contribution in [0, 0.1) is 5.92 Å². The van der Waals surface area contributed by atoms with Crippen LogP contribution in [0.1, 0.15) is 18.4 Å². The topological polar surface area (TPSA) is 70.7 Å². The van der Waals surface area contributed by atoms with E-state index in [1.165, 1.54) is 5.57 Å². The molecule has 1 saturated heterocycles. The molecule has 2 heterocycles. The molecule has 0 aliphatic carbocycles. The molecule has 0 aromatic heterocycles. The normalized spacial score (nSPS) is 20.4. The van der Waals surface area contributed by atoms with E-state index >= 15 is 0 Å². The zero-order valence-electron chi connectivity index (χ0n) is 14.6. The van der Waals surface area contributed by atoms with Crippen LogP contribution in [-0.4, -0.2) is 50.0 Å². The van der Waals surface area contributed by atoms with Gasteiger partial charge in [0.05, 0.1) is 13.0 Å². The zero-order chi connectivity index (χ0) is 17.6. The van der Waals surface area contributed by atoms with E-state index in [0.717, 1.165) is 30.8 Å². The van der Waals surface area contributed by atoms with Gasteiger partial charge in [0.25, 0.3) is 0 Å². The molecule has 1 aromatic rings. The molecule has 0 spiro atoms. The Hall–Kier alpha value is -2.34. The van der Waals surface area contributed by atoms with Gasteiger partial charge in [-0.05, 0) is 30.7 Å². The van der Waals surface area contributed by atoms with Gasteiger partial charge in [-0.3, -0.25) is 9.59 Å². The van der Waals surface area contributed by atoms with Crippen molar-refractivity contribution in [2.75, 3.05) is 33.3 Å². The van der Waals surface area contributed by atoms with Gasteiger partial charge >= 0.3 is 0 Å². The second kappa shape index (κ2) is 8.16. The van der Waals surface area contributed by atoms with Crippen LogP contribution in [0.2, 0.25) is 0 Å². The molecule has 2 N–H and O–H groups in total. The first-order valence-electron chi connectivity index (χ1n) is 8.73. The van der Waals surface area contributed by atoms with Crippen LogP contribution in [0.3, 0.4) is 0 Å². The van der Waals surface area contributed by atoms with E-state index in [4.69, 9.17) is 4.74 Å². The molecular weight excluding hydrogens is 318 g/mol. The summed E-state index contributed by atoms with van der Waals surface area (Å²) in [6.07, 6.45) is 3.38. The molecule has 2 aliphatic heterocycles. The summed E-state index contributed by atoms with van der Waals surface area (Å²) in [5, 5.41) is 6.24. The minimum Gasteiger partial charge on any atom is -0.497 e. The van der Waals surface area contributed by atoms with Crippen molar-refractivity contribution in [3.8, 4) is 5.75 Å². The molecule has 6 nitrogen and oxygen atoms in total. The molecule has 1 unspecified atom stereocenters. The average molecular weight is 343 g/mol. The maximum absolute atomic E-state index is 12.4. The summed E-state index contributed by atoms with van der Waals surface area (Å²) in [4.78, 5) is 26.3. The van der Waals surface area contributed by atoms with Crippen molar-refractivity contribution < 1.29 is 14.3 Å². The fraction of sp³-hybridized carbons (Fsp3) is 0.474. The van der Waals surface area contributed by atoms with Gasteiger partial charge in [-0.2, -0.15) is 0 Å². The summed E-state index contributed by atoms with van der Waals surface area (Å²) < 4.78 is 5.14. The molecule has 0 saturated carbocycles. The van der Waals surface area contributed by atoms with Crippen LogP contribution in [-0.2, 0) is 16.1 Å². The number of likely N-dealkylation sites (tertiary alicyclic amines) is 1. The average Bonchev–Trinajstić information content (AvgIpc) is 3.02. The highest BCUT2D eigenvalue weighted by molar-refractivity contribution is 5.89. The summed E-state index contributed by atoms with van der Waals surface area (Å²) in [6, 6.07) is 7.66. The quantitative estimate of drug-likeness (QED) is 0.759. The Morgan fingerprint density at radius 1 is 1.36 bits per heavy atom. The summed E-state index contributed by atoms with van der Waals surface area (Å²) in [6.45, 7) is 3.42. The van der Waals surface area contributed by atoms with Crippen molar-refractivity contribution in [1.82, 2.24) is 15.5 Å². The number of nitrogens with one attached hydrogen (secondary N) is 2. The fourth-order valence-electron chi connectivity index (χ4n) is 3.23. The second-order valence-electron chi connectivity index (χ2n) is 6.56. The Morgan fingerprint density at radius 3 is 2.84 bits per heavy atom. The van der Waals surface area contributed by atoms with E-state index in [2.05, 4.69) is 16.7 Å². The Kier molecular flexibility index (Phi) is 5.71. The monoisotopic (exact) mass is 343 g/mol. The highest BCUT2D eigenvalue weighted by Crippen LogP contribution is 2.21. The Balaban J connectivity index is 1.50. The lowest BCUT2D eigenvalue weighted by molar-refractivity contribution is -0.129. The number of nitrogens with zero attached hydrogens (tertiary/aromatic N) is 1. The van der Waals surface area contributed by atoms with Gasteiger partial charge in [0, 0.05) is 32.6 Å². The van der Waals surface area contributed by atoms with Gasteiger partial charge in [-0.15, -0.1) is 0 Å². The van der Waals surface area contributed by atoms with Crippen molar-refractivity contribution in [2.24, 2.45) is 5.92 Å². The first kappa shape index (κ1) is 17.5. The molecule has 25 heavy (non-hydrogen) atoms. The van der Waals surface area contributed by atoms with Crippen molar-refractivity contribution in [3.63, 3.8) is 0 Å². The summed E-state index contributed by atoms with van der Waals surface area (Å²) in [5.74, 6) is 0.552. The Labute approximate surface area is 148 Å². The first-order chi connectivity index (χ1) is 12.2. The van der Waals surface area contributed by atoms with Crippen molar-refractivity contribution in [1.29, 1.82) is 0 Å². The van der Waals surface area contributed by atoms with Gasteiger partial charge < -0.3 is 20.3 Å². The van der Waals surface area contributed by atoms with Crippen LogP contribution in [0.15, 0.2) is 35.9 Å². The molecular formula is C19H25N3O3. The lowest BCUT2D eigenvalue weighted by atomic mass is 10.1. The lowest BCUT2D eigenvalue weighted by Gasteiger charge is -2.18. The third-order valence-corrected chi connectivity index (χ3v) is 4.77. The maximum atomic E-state index is 12.4. The number of ether oxygens (including phenoxy) is 1. The molecule has 1 atom stereocenters. The van der Waals surface area contributed by atoms with E-state index in [-0.39, 0.29) is 17.7 Å². The summed E-state index contributed by atoms with van der Waals surface area (Å²) in [7, 11) is 1.63. The van der Waals surface area contributed by atoms with Gasteiger partial charge in [0.2, 0.25) is 11.8 Å². The number of amides is 2. The number of carbonyl (C=O) groups excluding carboxylic acids is 2. The van der Waals surface area contributed by atoms with Gasteiger partial charge in [0.1, 0.15) is 5.75 Å². The smallest absolute Gasteiger partial charge is 0.225 e. The van der Waals surface area contributed by atoms with Crippen LogP contribution >= 0.6 is 0 Å². The first-order valence-corrected chi connectivity index (χ1v) is 8.73. The van der Waals surface area contributed by atoms with E-state index < -0.39 is 0 Å². The molecule has 134 valence electrons. The minimum atomic E-state index is -0.256. The molecule has 6 heteroatoms. The van der Waals surface area contributed by atoms with Crippen LogP contribution in [0.5, 0.6) is 5.75 Å². The van der Waals surface area contributed by atoms with Gasteiger partial charge in [0.15, 0.2) is 0 Å². The lowest BCUT2D eigenvalue weighted by Crippen LogP contribution is -2.35. The third kappa shape index (κ3) is 4.60. The molecule has 2 amide bonds. The van der Waals surface area contributed by atoms with E-state index in [9.17, 15) is 9.59 Å². The van der Waals surface area contributed by atoms with Gasteiger partial charge in [-0.25, -0.2) is 0 Å². The number of rotatable bonds is 6. The molecule has 1 aromatic carbocycles. The predicted octanol–water partition coefficient (Wildman–Crippen LogP) is 1.08. The standard InChI is InChI=1S/C19H25N3O3/c1-25-17-4-2-15(3-5-17)12-22-13-16(10-18(22)23)19(24)21-11-14-6-8-20-9-7-14/h2-6,16,20H,7-13H2,1H3,(H,21,24). The Bertz CT molecular complexity index is 654. The summed E-state index contributed by atoms with van der Waals surface area (Å²) in [5.41, 5.74) is 2.29. The number of benzene rings is 1. The van der Waals surface area contributed by atoms with Crippen LogP contribution < -0.4 is 15.4 Å². The van der Waals surface area contributed by atoms with Crippen LogP contribution in [0.4, 0.5) is 0 Å². The predicted molar refractivity (Wildman–Crippen MR) is 95.1 cm³/mol. The van der Waals surface area contributed by atoms with E-state index in [1.54, 1.807) is 12.0 Å². The summed E-state index contributed by atoms with van der Waals surface area (Å²) >= 11 is 0. The number of hydrogen-bond acceptors (Lipinski definition) is 4. The highest BCUT2D eigenvalue weighted by atomic mass is 16.5. The SMILES string of the molecule is COc1ccc(CN2CC(C(=O)NCC3=CCNCC3)CC2=O)cc1. The van der Waals surface area contributed by atoms with Crippen molar-refractivity contribution in [2.45, 2.75) is 19.4 Å². The Morgan fingerprint density at radius 2 is 2.16 bits per heavy atom. The van der Waals surface area contributed by atoms with Gasteiger partial charge in [-0.1, -0.05) is 23.8 Å². The highest BCUT2D eigenvalue weighted by Gasteiger charge is 2.34. The zero-order valence-corrected chi connectivity index (χ0v) is 14.6. The van der Waals surface area contributed by atoms with Crippen molar-refractivity contribution in [3.05, 3.63) is 41.5 Å². The second-order valence-corrected chi connectivity index (χ2v) is 6.56. The third-order valence-electron chi connectivity index (χ3n) is 4.77. The maximum Gasteiger partial charge on any atom is 0.225 e. The molecule has 3 rings (SSSR count). The largest absolute Gasteiger partial charge is 0.497 e. The molecule has 2 aliphatic rings. The van der Waals surface area contributed by atoms with Crippen LogP contribution in [0.25, 0.3) is 0 Å². The number of carbonyl (C=O) groups is 2.